The number of ketones is 1. The van der Waals surface area contributed by atoms with Crippen molar-refractivity contribution in [1.29, 1.82) is 0 Å². The van der Waals surface area contributed by atoms with Crippen LogP contribution < -0.4 is 9.47 Å². The Morgan fingerprint density at radius 2 is 2.00 bits per heavy atom. The first-order valence-corrected chi connectivity index (χ1v) is 4.55. The van der Waals surface area contributed by atoms with Gasteiger partial charge in [-0.15, -0.1) is 0 Å². The summed E-state index contributed by atoms with van der Waals surface area (Å²) in [6.45, 7) is 1.32. The van der Waals surface area contributed by atoms with Gasteiger partial charge in [-0.3, -0.25) is 4.79 Å². The SMILES string of the molecule is COc1cc(O)c(C(C)=O)c(OC)c1Cl. The summed E-state index contributed by atoms with van der Waals surface area (Å²) in [4.78, 5) is 11.3. The third-order valence-electron chi connectivity index (χ3n) is 1.94. The Labute approximate surface area is 92.4 Å². The molecule has 0 aliphatic heterocycles. The van der Waals surface area contributed by atoms with Crippen LogP contribution in [0.2, 0.25) is 5.02 Å². The van der Waals surface area contributed by atoms with E-state index >= 15 is 0 Å². The number of aromatic hydroxyl groups is 1. The Bertz CT molecular complexity index is 401. The fourth-order valence-electron chi connectivity index (χ4n) is 1.28. The van der Waals surface area contributed by atoms with Crippen LogP contribution in [0.4, 0.5) is 0 Å². The Morgan fingerprint density at radius 1 is 1.40 bits per heavy atom. The van der Waals surface area contributed by atoms with E-state index in [0.29, 0.717) is 0 Å². The first-order chi connectivity index (χ1) is 7.02. The Hall–Kier alpha value is -1.42. The number of benzene rings is 1. The van der Waals surface area contributed by atoms with Crippen molar-refractivity contribution in [2.24, 2.45) is 0 Å². The molecule has 0 aliphatic carbocycles. The molecular weight excluding hydrogens is 220 g/mol. The van der Waals surface area contributed by atoms with Crippen LogP contribution in [0.15, 0.2) is 6.07 Å². The molecule has 0 amide bonds. The predicted molar refractivity (Wildman–Crippen MR) is 56.2 cm³/mol. The molecule has 0 radical (unpaired) electrons. The van der Waals surface area contributed by atoms with Crippen LogP contribution in [0.3, 0.4) is 0 Å². The van der Waals surface area contributed by atoms with Crippen molar-refractivity contribution in [1.82, 2.24) is 0 Å². The summed E-state index contributed by atoms with van der Waals surface area (Å²) in [5, 5.41) is 9.76. The summed E-state index contributed by atoms with van der Waals surface area (Å²) in [5.74, 6) is -0.147. The highest BCUT2D eigenvalue weighted by atomic mass is 35.5. The third kappa shape index (κ3) is 1.99. The summed E-state index contributed by atoms with van der Waals surface area (Å²) in [7, 11) is 2.78. The van der Waals surface area contributed by atoms with Gasteiger partial charge in [0, 0.05) is 6.07 Å². The lowest BCUT2D eigenvalue weighted by molar-refractivity contribution is 0.101. The fourth-order valence-corrected chi connectivity index (χ4v) is 1.58. The molecule has 5 heteroatoms. The number of hydrogen-bond acceptors (Lipinski definition) is 4. The van der Waals surface area contributed by atoms with Crippen molar-refractivity contribution in [2.75, 3.05) is 14.2 Å². The van der Waals surface area contributed by atoms with E-state index in [2.05, 4.69) is 0 Å². The second-order valence-corrected chi connectivity index (χ2v) is 3.25. The molecule has 82 valence electrons. The van der Waals surface area contributed by atoms with E-state index in [0.717, 1.165) is 0 Å². The molecule has 1 aromatic carbocycles. The molecule has 0 unspecified atom stereocenters. The smallest absolute Gasteiger partial charge is 0.167 e. The van der Waals surface area contributed by atoms with E-state index < -0.39 is 0 Å². The van der Waals surface area contributed by atoms with Gasteiger partial charge in [-0.25, -0.2) is 0 Å². The van der Waals surface area contributed by atoms with Crippen molar-refractivity contribution < 1.29 is 19.4 Å². The fraction of sp³-hybridized carbons (Fsp3) is 0.300. The second kappa shape index (κ2) is 4.40. The molecule has 15 heavy (non-hydrogen) atoms. The van der Waals surface area contributed by atoms with Crippen LogP contribution in [0.25, 0.3) is 0 Å². The molecule has 0 aliphatic rings. The molecule has 1 rings (SSSR count). The Balaban J connectivity index is 3.53. The average Bonchev–Trinajstić information content (AvgIpc) is 2.19. The molecule has 0 heterocycles. The van der Waals surface area contributed by atoms with E-state index in [-0.39, 0.29) is 33.6 Å². The van der Waals surface area contributed by atoms with Gasteiger partial charge in [0.1, 0.15) is 22.1 Å². The van der Waals surface area contributed by atoms with E-state index in [4.69, 9.17) is 21.1 Å². The summed E-state index contributed by atoms with van der Waals surface area (Å²) < 4.78 is 9.89. The molecule has 0 spiro atoms. The lowest BCUT2D eigenvalue weighted by Crippen LogP contribution is -2.00. The predicted octanol–water partition coefficient (Wildman–Crippen LogP) is 2.27. The number of methoxy groups -OCH3 is 2. The van der Waals surface area contributed by atoms with Crippen LogP contribution in [-0.4, -0.2) is 25.1 Å². The van der Waals surface area contributed by atoms with Crippen LogP contribution in [-0.2, 0) is 0 Å². The maximum absolute atomic E-state index is 11.3. The molecule has 0 saturated carbocycles. The normalized spacial score (nSPS) is 9.87. The van der Waals surface area contributed by atoms with Gasteiger partial charge in [-0.1, -0.05) is 11.6 Å². The lowest BCUT2D eigenvalue weighted by Gasteiger charge is -2.12. The summed E-state index contributed by atoms with van der Waals surface area (Å²) in [5.41, 5.74) is 0.0586. The van der Waals surface area contributed by atoms with Gasteiger partial charge in [-0.2, -0.15) is 0 Å². The molecule has 1 aromatic rings. The van der Waals surface area contributed by atoms with Gasteiger partial charge in [0.2, 0.25) is 0 Å². The summed E-state index contributed by atoms with van der Waals surface area (Å²) in [6.07, 6.45) is 0. The van der Waals surface area contributed by atoms with Crippen molar-refractivity contribution >= 4 is 17.4 Å². The highest BCUT2D eigenvalue weighted by Gasteiger charge is 2.20. The number of hydrogen-bond donors (Lipinski definition) is 1. The maximum Gasteiger partial charge on any atom is 0.167 e. The van der Waals surface area contributed by atoms with Gasteiger partial charge in [0.25, 0.3) is 0 Å². The van der Waals surface area contributed by atoms with Crippen LogP contribution in [0, 0.1) is 0 Å². The van der Waals surface area contributed by atoms with Crippen LogP contribution in [0.1, 0.15) is 17.3 Å². The first-order valence-electron chi connectivity index (χ1n) is 4.17. The molecule has 0 aromatic heterocycles. The minimum atomic E-state index is -0.325. The average molecular weight is 231 g/mol. The topological polar surface area (TPSA) is 55.8 Å². The minimum Gasteiger partial charge on any atom is -0.507 e. The highest BCUT2D eigenvalue weighted by Crippen LogP contribution is 2.42. The van der Waals surface area contributed by atoms with Crippen molar-refractivity contribution in [3.8, 4) is 17.2 Å². The zero-order chi connectivity index (χ0) is 11.6. The second-order valence-electron chi connectivity index (χ2n) is 2.88. The summed E-state index contributed by atoms with van der Waals surface area (Å²) in [6, 6.07) is 1.28. The number of phenolic OH excluding ortho intramolecular Hbond substituents is 1. The van der Waals surface area contributed by atoms with E-state index in [1.54, 1.807) is 0 Å². The number of ether oxygens (including phenoxy) is 2. The zero-order valence-electron chi connectivity index (χ0n) is 8.63. The molecule has 1 N–H and O–H groups in total. The quantitative estimate of drug-likeness (QED) is 0.810. The lowest BCUT2D eigenvalue weighted by atomic mass is 10.1. The van der Waals surface area contributed by atoms with Crippen molar-refractivity contribution in [2.45, 2.75) is 6.92 Å². The van der Waals surface area contributed by atoms with Gasteiger partial charge in [0.15, 0.2) is 11.5 Å². The third-order valence-corrected chi connectivity index (χ3v) is 2.30. The molecular formula is C10H11ClO4. The number of carbonyl (C=O) groups is 1. The van der Waals surface area contributed by atoms with E-state index in [9.17, 15) is 9.90 Å². The number of Topliss-reactive ketones (excluding diaryl/α,β-unsaturated/α-hetero) is 1. The van der Waals surface area contributed by atoms with Crippen LogP contribution >= 0.6 is 11.6 Å². The van der Waals surface area contributed by atoms with Gasteiger partial charge >= 0.3 is 0 Å². The van der Waals surface area contributed by atoms with Crippen molar-refractivity contribution in [3.05, 3.63) is 16.7 Å². The standard InChI is InChI=1S/C10H11ClO4/c1-5(12)8-6(13)4-7(14-2)9(11)10(8)15-3/h4,13H,1-3H3. The van der Waals surface area contributed by atoms with E-state index in [1.807, 2.05) is 0 Å². The first kappa shape index (κ1) is 11.7. The van der Waals surface area contributed by atoms with Crippen molar-refractivity contribution in [3.63, 3.8) is 0 Å². The Kier molecular flexibility index (Phi) is 3.42. The molecule has 0 bridgehead atoms. The van der Waals surface area contributed by atoms with Gasteiger partial charge < -0.3 is 14.6 Å². The monoisotopic (exact) mass is 230 g/mol. The van der Waals surface area contributed by atoms with Gasteiger partial charge in [-0.05, 0) is 6.92 Å². The largest absolute Gasteiger partial charge is 0.507 e. The maximum atomic E-state index is 11.3. The van der Waals surface area contributed by atoms with Crippen LogP contribution in [0.5, 0.6) is 17.2 Å². The van der Waals surface area contributed by atoms with Gasteiger partial charge in [0.05, 0.1) is 14.2 Å². The number of carbonyl (C=O) groups excluding carboxylic acids is 1. The summed E-state index contributed by atoms with van der Waals surface area (Å²) >= 11 is 5.92. The zero-order valence-corrected chi connectivity index (χ0v) is 9.38. The number of rotatable bonds is 3. The van der Waals surface area contributed by atoms with E-state index in [1.165, 1.54) is 27.2 Å². The highest BCUT2D eigenvalue weighted by molar-refractivity contribution is 6.34. The molecule has 0 fully saturated rings. The Morgan fingerprint density at radius 3 is 2.40 bits per heavy atom. The molecule has 0 saturated heterocycles. The number of halogens is 1. The number of phenols is 1. The molecule has 4 nitrogen and oxygen atoms in total. The minimum absolute atomic E-state index is 0.0586. The molecule has 0 atom stereocenters.